The lowest BCUT2D eigenvalue weighted by molar-refractivity contribution is -0.165. The van der Waals surface area contributed by atoms with Crippen molar-refractivity contribution in [2.45, 2.75) is 119 Å². The first kappa shape index (κ1) is 35.8. The molecule has 2 N–H and O–H groups in total. The van der Waals surface area contributed by atoms with Crippen LogP contribution in [0.3, 0.4) is 0 Å². The van der Waals surface area contributed by atoms with Crippen molar-refractivity contribution in [3.8, 4) is 17.1 Å². The Balaban J connectivity index is 1.03. The number of carboxylic acids is 1. The number of alkyl halides is 6. The minimum atomic E-state index is -3.61. The number of fused-ring (bicyclic) bond motifs is 1. The molecule has 6 saturated carbocycles. The van der Waals surface area contributed by atoms with Crippen LogP contribution in [0.25, 0.3) is 22.3 Å². The van der Waals surface area contributed by atoms with E-state index in [0.29, 0.717) is 79.5 Å². The maximum absolute atomic E-state index is 15.4. The van der Waals surface area contributed by atoms with Gasteiger partial charge in [-0.25, -0.2) is 32.3 Å². The third-order valence-corrected chi connectivity index (χ3v) is 13.4. The average molecular weight is 760 g/mol. The monoisotopic (exact) mass is 759 g/mol. The van der Waals surface area contributed by atoms with Gasteiger partial charge in [-0.15, -0.1) is 0 Å². The van der Waals surface area contributed by atoms with Gasteiger partial charge in [0.2, 0.25) is 5.92 Å². The van der Waals surface area contributed by atoms with Gasteiger partial charge in [0.1, 0.15) is 23.1 Å². The number of carbonyl (C=O) groups is 2. The van der Waals surface area contributed by atoms with Crippen molar-refractivity contribution in [1.82, 2.24) is 24.8 Å². The summed E-state index contributed by atoms with van der Waals surface area (Å²) in [6.07, 6.45) is 7.17. The summed E-state index contributed by atoms with van der Waals surface area (Å²) in [5.74, 6) is -10.5. The molecule has 1 amide bonds. The molecule has 290 valence electrons. The number of hydrogen-bond donors (Lipinski definition) is 2. The van der Waals surface area contributed by atoms with E-state index in [1.54, 1.807) is 29.3 Å². The molecule has 1 aromatic carbocycles. The highest BCUT2D eigenvalue weighted by molar-refractivity contribution is 6.00. The minimum Gasteiger partial charge on any atom is -0.490 e. The van der Waals surface area contributed by atoms with Crippen molar-refractivity contribution < 1.29 is 45.8 Å². The highest BCUT2D eigenvalue weighted by Crippen LogP contribution is 2.58. The van der Waals surface area contributed by atoms with Crippen molar-refractivity contribution in [2.75, 3.05) is 13.1 Å². The van der Waals surface area contributed by atoms with E-state index >= 15 is 8.78 Å². The van der Waals surface area contributed by atoms with Crippen LogP contribution in [0, 0.1) is 23.7 Å². The molecule has 1 saturated heterocycles. The lowest BCUT2D eigenvalue weighted by atomic mass is 9.48. The van der Waals surface area contributed by atoms with Crippen LogP contribution in [0.2, 0.25) is 0 Å². The van der Waals surface area contributed by atoms with Crippen molar-refractivity contribution in [2.24, 2.45) is 23.7 Å². The van der Waals surface area contributed by atoms with Crippen LogP contribution in [0.5, 0.6) is 5.75 Å². The molecule has 3 aromatic rings. The van der Waals surface area contributed by atoms with Crippen molar-refractivity contribution in [3.63, 3.8) is 0 Å². The first-order valence-electron chi connectivity index (χ1n) is 19.1. The van der Waals surface area contributed by atoms with Gasteiger partial charge in [-0.1, -0.05) is 0 Å². The molecule has 0 unspecified atom stereocenters. The summed E-state index contributed by atoms with van der Waals surface area (Å²) in [4.78, 5) is 37.2. The summed E-state index contributed by atoms with van der Waals surface area (Å²) < 4.78 is 94.1. The van der Waals surface area contributed by atoms with Gasteiger partial charge >= 0.3 is 5.97 Å². The third kappa shape index (κ3) is 6.03. The Kier molecular flexibility index (Phi) is 8.16. The quantitative estimate of drug-likeness (QED) is 0.214. The predicted octanol–water partition coefficient (Wildman–Crippen LogP) is 7.83. The highest BCUT2D eigenvalue weighted by atomic mass is 19.3. The zero-order chi connectivity index (χ0) is 37.9. The Morgan fingerprint density at radius 3 is 2.17 bits per heavy atom. The molecule has 1 aliphatic heterocycles. The minimum absolute atomic E-state index is 0.0216. The van der Waals surface area contributed by atoms with Crippen LogP contribution in [-0.4, -0.2) is 79.0 Å². The van der Waals surface area contributed by atoms with Crippen molar-refractivity contribution >= 4 is 22.8 Å². The van der Waals surface area contributed by atoms with Gasteiger partial charge in [-0.3, -0.25) is 9.69 Å². The number of ether oxygens (including phenoxy) is 1. The van der Waals surface area contributed by atoms with Crippen LogP contribution < -0.4 is 10.1 Å². The van der Waals surface area contributed by atoms with Crippen LogP contribution in [-0.2, 0) is 10.7 Å². The molecule has 3 heterocycles. The number of benzene rings is 1. The molecular formula is C39H43F6N5O4. The number of aromatic nitrogens is 3. The fourth-order valence-corrected chi connectivity index (χ4v) is 10.8. The summed E-state index contributed by atoms with van der Waals surface area (Å²) in [5.41, 5.74) is -1.94. The Morgan fingerprint density at radius 1 is 0.926 bits per heavy atom. The largest absolute Gasteiger partial charge is 0.490 e. The maximum Gasteiger partial charge on any atom is 0.330 e. The number of carboxylic acid groups (broad SMARTS) is 1. The van der Waals surface area contributed by atoms with Gasteiger partial charge in [-0.05, 0) is 80.8 Å². The topological polar surface area (TPSA) is 110 Å². The van der Waals surface area contributed by atoms with Gasteiger partial charge in [0.15, 0.2) is 5.82 Å². The van der Waals surface area contributed by atoms with E-state index in [1.807, 2.05) is 4.57 Å². The number of likely N-dealkylation sites (tertiary alicyclic amines) is 1. The number of rotatable bonds is 9. The zero-order valence-corrected chi connectivity index (χ0v) is 29.8. The fourth-order valence-electron chi connectivity index (χ4n) is 10.8. The smallest absolute Gasteiger partial charge is 0.330 e. The molecular weight excluding hydrogens is 716 g/mol. The number of nitrogens with one attached hydrogen (secondary N) is 1. The number of carbonyl (C=O) groups excluding carboxylic acids is 1. The molecule has 10 rings (SSSR count). The van der Waals surface area contributed by atoms with E-state index in [4.69, 9.17) is 4.74 Å². The van der Waals surface area contributed by atoms with E-state index in [-0.39, 0.29) is 74.6 Å². The van der Waals surface area contributed by atoms with E-state index in [0.717, 1.165) is 12.6 Å². The molecule has 7 aliphatic rings. The van der Waals surface area contributed by atoms with Gasteiger partial charge in [-0.2, -0.15) is 8.78 Å². The van der Waals surface area contributed by atoms with Gasteiger partial charge in [0.05, 0.1) is 24.2 Å². The maximum atomic E-state index is 15.4. The summed E-state index contributed by atoms with van der Waals surface area (Å²) in [7, 11) is 0. The number of amides is 1. The number of hydrogen-bond acceptors (Lipinski definition) is 6. The normalized spacial score (nSPS) is 32.9. The van der Waals surface area contributed by atoms with E-state index in [9.17, 15) is 32.3 Å². The molecule has 4 bridgehead atoms. The molecule has 0 radical (unpaired) electrons. The van der Waals surface area contributed by atoms with Crippen LogP contribution >= 0.6 is 0 Å². The summed E-state index contributed by atoms with van der Waals surface area (Å²) in [6, 6.07) is 4.90. The molecule has 15 heteroatoms. The van der Waals surface area contributed by atoms with E-state index in [1.165, 1.54) is 0 Å². The zero-order valence-electron chi connectivity index (χ0n) is 29.8. The molecule has 54 heavy (non-hydrogen) atoms. The second kappa shape index (κ2) is 12.3. The summed E-state index contributed by atoms with van der Waals surface area (Å²) >= 11 is 0. The second-order valence-corrected chi connectivity index (χ2v) is 17.1. The van der Waals surface area contributed by atoms with Crippen LogP contribution in [0.15, 0.2) is 30.6 Å². The molecule has 0 atom stereocenters. The van der Waals surface area contributed by atoms with Crippen molar-refractivity contribution in [1.29, 1.82) is 0 Å². The predicted molar refractivity (Wildman–Crippen MR) is 184 cm³/mol. The Hall–Kier alpha value is -3.88. The van der Waals surface area contributed by atoms with Gasteiger partial charge in [0, 0.05) is 74.1 Å². The molecule has 0 spiro atoms. The van der Waals surface area contributed by atoms with Crippen LogP contribution in [0.1, 0.15) is 99.6 Å². The lowest BCUT2D eigenvalue weighted by Gasteiger charge is -2.59. The van der Waals surface area contributed by atoms with E-state index < -0.39 is 46.4 Å². The number of aliphatic carboxylic acids is 1. The SMILES string of the molecule is CC(F)(F)c1nc(-c2cn(C3CCC(F)(F)CC3)c3cc(OC4CC(N5CC(F)(F)C5)C4)ccc23)ncc1C(=O)NC1(C(=O)O)C2CC3CC(C2)CC1C3. The first-order valence-corrected chi connectivity index (χ1v) is 19.1. The molecule has 9 nitrogen and oxygen atoms in total. The molecule has 6 aliphatic carbocycles. The molecule has 2 aromatic heterocycles. The average Bonchev–Trinajstić information content (AvgIpc) is 3.44. The lowest BCUT2D eigenvalue weighted by Crippen LogP contribution is -2.70. The third-order valence-electron chi connectivity index (χ3n) is 13.4. The highest BCUT2D eigenvalue weighted by Gasteiger charge is 2.62. The number of halogens is 6. The summed E-state index contributed by atoms with van der Waals surface area (Å²) in [5, 5.41) is 13.8. The first-order chi connectivity index (χ1) is 25.5. The van der Waals surface area contributed by atoms with Gasteiger partial charge in [0.25, 0.3) is 17.8 Å². The van der Waals surface area contributed by atoms with Crippen LogP contribution in [0.4, 0.5) is 26.3 Å². The Bertz CT molecular complexity index is 1960. The Morgan fingerprint density at radius 2 is 1.57 bits per heavy atom. The number of nitrogens with zero attached hydrogens (tertiary/aromatic N) is 4. The van der Waals surface area contributed by atoms with E-state index in [2.05, 4.69) is 15.3 Å². The Labute approximate surface area is 307 Å². The standard InChI is InChI=1S/C39H43F6N5O4/c1-36(40,41)32-29(34(51)48-39(35(52)53)22-9-20-8-21(11-22)12-23(39)10-20)16-46-33(47-32)30-17-50(24-4-6-37(42,43)7-5-24)31-15-26(2-3-28(30)31)54-27-13-25(14-27)49-18-38(44,45)19-49/h2-3,15-17,20-25,27H,4-14,18-19H2,1H3,(H,48,51)(H,52,53). The fraction of sp³-hybridized carbons (Fsp3) is 0.641. The summed E-state index contributed by atoms with van der Waals surface area (Å²) in [6.45, 7) is 0.119. The molecule has 7 fully saturated rings. The van der Waals surface area contributed by atoms with Crippen molar-refractivity contribution in [3.05, 3.63) is 41.9 Å². The van der Waals surface area contributed by atoms with Gasteiger partial charge < -0.3 is 19.7 Å². The second-order valence-electron chi connectivity index (χ2n) is 17.1.